The highest BCUT2D eigenvalue weighted by Gasteiger charge is 2.44. The summed E-state index contributed by atoms with van der Waals surface area (Å²) in [6, 6.07) is 4.95. The average molecular weight is 379 g/mol. The van der Waals surface area contributed by atoms with E-state index in [2.05, 4.69) is 15.3 Å². The molecular formula is C18H20F3N5O. The fourth-order valence-corrected chi connectivity index (χ4v) is 3.43. The second-order valence-corrected chi connectivity index (χ2v) is 6.52. The third kappa shape index (κ3) is 4.28. The molecule has 2 unspecified atom stereocenters. The van der Waals surface area contributed by atoms with E-state index in [-0.39, 0.29) is 19.0 Å². The Morgan fingerprint density at radius 3 is 2.67 bits per heavy atom. The largest absolute Gasteiger partial charge is 0.393 e. The van der Waals surface area contributed by atoms with Gasteiger partial charge >= 0.3 is 6.18 Å². The van der Waals surface area contributed by atoms with Crippen LogP contribution in [0.15, 0.2) is 24.5 Å². The van der Waals surface area contributed by atoms with E-state index in [1.165, 1.54) is 12.4 Å². The average Bonchev–Trinajstić information content (AvgIpc) is 2.66. The standard InChI is InChI=1S/C18H20F3N5O/c1-27-7-6-23-14-8-13(18(19,20)21)10-26(11-14)15-3-2-12(9-22)16-17(15)25-5-4-24-16/h2-5,13-14,23H,6-8,10-11H2,1H3. The maximum atomic E-state index is 13.5. The first-order valence-corrected chi connectivity index (χ1v) is 8.62. The Hall–Kier alpha value is -2.44. The number of benzene rings is 1. The van der Waals surface area contributed by atoms with Crippen molar-refractivity contribution in [3.8, 4) is 6.07 Å². The number of halogens is 3. The molecule has 2 aromatic rings. The highest BCUT2D eigenvalue weighted by molar-refractivity contribution is 5.92. The van der Waals surface area contributed by atoms with Crippen LogP contribution in [0.1, 0.15) is 12.0 Å². The molecule has 3 rings (SSSR count). The highest BCUT2D eigenvalue weighted by atomic mass is 19.4. The molecule has 0 aliphatic carbocycles. The predicted molar refractivity (Wildman–Crippen MR) is 94.3 cm³/mol. The molecule has 1 aliphatic rings. The third-order valence-electron chi connectivity index (χ3n) is 4.72. The summed E-state index contributed by atoms with van der Waals surface area (Å²) in [5.41, 5.74) is 1.75. The minimum atomic E-state index is -4.28. The van der Waals surface area contributed by atoms with Gasteiger partial charge in [0, 0.05) is 45.2 Å². The zero-order valence-corrected chi connectivity index (χ0v) is 14.8. The Morgan fingerprint density at radius 2 is 2.00 bits per heavy atom. The van der Waals surface area contributed by atoms with Crippen LogP contribution in [0.2, 0.25) is 0 Å². The molecule has 1 aliphatic heterocycles. The van der Waals surface area contributed by atoms with Gasteiger partial charge in [-0.05, 0) is 18.6 Å². The third-order valence-corrected chi connectivity index (χ3v) is 4.72. The fraction of sp³-hybridized carbons (Fsp3) is 0.500. The molecule has 0 spiro atoms. The number of hydrogen-bond acceptors (Lipinski definition) is 6. The minimum absolute atomic E-state index is 0.0175. The number of rotatable bonds is 5. The number of aromatic nitrogens is 2. The van der Waals surface area contributed by atoms with Gasteiger partial charge in [0.25, 0.3) is 0 Å². The second kappa shape index (κ2) is 8.06. The van der Waals surface area contributed by atoms with Gasteiger partial charge in [0.05, 0.1) is 23.8 Å². The number of nitriles is 1. The first kappa shape index (κ1) is 19.3. The molecule has 9 heteroatoms. The molecule has 0 radical (unpaired) electrons. The number of fused-ring (bicyclic) bond motifs is 1. The number of anilines is 1. The van der Waals surface area contributed by atoms with Crippen molar-refractivity contribution < 1.29 is 17.9 Å². The van der Waals surface area contributed by atoms with Crippen molar-refractivity contribution in [3.63, 3.8) is 0 Å². The Labute approximate surface area is 155 Å². The molecule has 1 aromatic heterocycles. The van der Waals surface area contributed by atoms with Gasteiger partial charge in [-0.3, -0.25) is 9.97 Å². The van der Waals surface area contributed by atoms with Crippen molar-refractivity contribution in [2.45, 2.75) is 18.6 Å². The van der Waals surface area contributed by atoms with Crippen LogP contribution in [0.4, 0.5) is 18.9 Å². The first-order valence-electron chi connectivity index (χ1n) is 8.62. The van der Waals surface area contributed by atoms with E-state index in [1.54, 1.807) is 24.1 Å². The van der Waals surface area contributed by atoms with Crippen LogP contribution < -0.4 is 10.2 Å². The molecule has 0 saturated carbocycles. The molecule has 2 heterocycles. The van der Waals surface area contributed by atoms with Crippen molar-refractivity contribution in [1.29, 1.82) is 5.26 Å². The molecule has 0 amide bonds. The Morgan fingerprint density at radius 1 is 1.26 bits per heavy atom. The summed E-state index contributed by atoms with van der Waals surface area (Å²) in [6.07, 6.45) is -1.32. The number of ether oxygens (including phenoxy) is 1. The lowest BCUT2D eigenvalue weighted by molar-refractivity contribution is -0.177. The Balaban J connectivity index is 1.94. The van der Waals surface area contributed by atoms with Crippen LogP contribution >= 0.6 is 0 Å². The molecule has 144 valence electrons. The summed E-state index contributed by atoms with van der Waals surface area (Å²) in [5, 5.41) is 12.4. The summed E-state index contributed by atoms with van der Waals surface area (Å²) in [5.74, 6) is -1.45. The number of hydrogen-bond donors (Lipinski definition) is 1. The maximum Gasteiger partial charge on any atom is 0.393 e. The molecule has 0 bridgehead atoms. The lowest BCUT2D eigenvalue weighted by atomic mass is 9.92. The Bertz CT molecular complexity index is 836. The quantitative estimate of drug-likeness (QED) is 0.805. The topological polar surface area (TPSA) is 74.1 Å². The monoisotopic (exact) mass is 379 g/mol. The van der Waals surface area contributed by atoms with E-state index in [4.69, 9.17) is 4.74 Å². The van der Waals surface area contributed by atoms with E-state index in [1.807, 2.05) is 6.07 Å². The van der Waals surface area contributed by atoms with Gasteiger partial charge in [-0.1, -0.05) is 0 Å². The van der Waals surface area contributed by atoms with Gasteiger partial charge in [-0.2, -0.15) is 18.4 Å². The number of nitrogens with one attached hydrogen (secondary N) is 1. The van der Waals surface area contributed by atoms with Crippen molar-refractivity contribution in [2.75, 3.05) is 38.3 Å². The van der Waals surface area contributed by atoms with Crippen LogP contribution in [-0.2, 0) is 4.74 Å². The molecule has 6 nitrogen and oxygen atoms in total. The van der Waals surface area contributed by atoms with E-state index in [0.717, 1.165) is 0 Å². The van der Waals surface area contributed by atoms with Crippen LogP contribution in [0.5, 0.6) is 0 Å². The predicted octanol–water partition coefficient (Wildman–Crippen LogP) is 2.49. The van der Waals surface area contributed by atoms with Crippen LogP contribution in [0, 0.1) is 17.2 Å². The Kier molecular flexibility index (Phi) is 5.77. The summed E-state index contributed by atoms with van der Waals surface area (Å²) in [6.45, 7) is 1.17. The van der Waals surface area contributed by atoms with Crippen LogP contribution in [0.25, 0.3) is 11.0 Å². The summed E-state index contributed by atoms with van der Waals surface area (Å²) in [7, 11) is 1.55. The zero-order chi connectivity index (χ0) is 19.4. The maximum absolute atomic E-state index is 13.5. The zero-order valence-electron chi connectivity index (χ0n) is 14.8. The molecule has 1 saturated heterocycles. The first-order chi connectivity index (χ1) is 12.9. The lowest BCUT2D eigenvalue weighted by Gasteiger charge is -2.40. The van der Waals surface area contributed by atoms with Gasteiger partial charge in [-0.15, -0.1) is 0 Å². The molecule has 2 atom stereocenters. The van der Waals surface area contributed by atoms with E-state index < -0.39 is 12.1 Å². The van der Waals surface area contributed by atoms with Crippen molar-refractivity contribution in [3.05, 3.63) is 30.1 Å². The summed E-state index contributed by atoms with van der Waals surface area (Å²) >= 11 is 0. The second-order valence-electron chi connectivity index (χ2n) is 6.52. The fourth-order valence-electron chi connectivity index (χ4n) is 3.43. The van der Waals surface area contributed by atoms with Gasteiger partial charge in [0.1, 0.15) is 17.1 Å². The number of alkyl halides is 3. The van der Waals surface area contributed by atoms with Gasteiger partial charge < -0.3 is 15.0 Å². The summed E-state index contributed by atoms with van der Waals surface area (Å²) < 4.78 is 45.4. The molecule has 1 aromatic carbocycles. The number of piperidine rings is 1. The van der Waals surface area contributed by atoms with Gasteiger partial charge in [-0.25, -0.2) is 0 Å². The summed E-state index contributed by atoms with van der Waals surface area (Å²) in [4.78, 5) is 10.1. The number of methoxy groups -OCH3 is 1. The number of nitrogens with zero attached hydrogens (tertiary/aromatic N) is 4. The van der Waals surface area contributed by atoms with Gasteiger partial charge in [0.2, 0.25) is 0 Å². The van der Waals surface area contributed by atoms with E-state index in [9.17, 15) is 18.4 Å². The van der Waals surface area contributed by atoms with Crippen molar-refractivity contribution in [2.24, 2.45) is 5.92 Å². The lowest BCUT2D eigenvalue weighted by Crippen LogP contribution is -2.53. The normalized spacial score (nSPS) is 20.6. The van der Waals surface area contributed by atoms with Crippen LogP contribution in [0.3, 0.4) is 0 Å². The van der Waals surface area contributed by atoms with Crippen LogP contribution in [-0.4, -0.2) is 55.5 Å². The smallest absolute Gasteiger partial charge is 0.383 e. The SMILES string of the molecule is COCCNC1CC(C(F)(F)F)CN(c2ccc(C#N)c3nccnc23)C1. The molecule has 1 fully saturated rings. The van der Waals surface area contributed by atoms with E-state index >= 15 is 0 Å². The van der Waals surface area contributed by atoms with E-state index in [0.29, 0.717) is 42.0 Å². The molecule has 1 N–H and O–H groups in total. The molecule has 27 heavy (non-hydrogen) atoms. The highest BCUT2D eigenvalue weighted by Crippen LogP contribution is 2.36. The van der Waals surface area contributed by atoms with Gasteiger partial charge in [0.15, 0.2) is 0 Å². The molecular weight excluding hydrogens is 359 g/mol. The van der Waals surface area contributed by atoms with Crippen molar-refractivity contribution in [1.82, 2.24) is 15.3 Å². The van der Waals surface area contributed by atoms with Crippen molar-refractivity contribution >= 4 is 16.7 Å². The minimum Gasteiger partial charge on any atom is -0.383 e.